The fourth-order valence-electron chi connectivity index (χ4n) is 5.88. The Morgan fingerprint density at radius 2 is 1.41 bits per heavy atom. The molecule has 1 aromatic carbocycles. The average molecular weight is 718 g/mol. The minimum Gasteiger partial charge on any atom is -0.444 e. The van der Waals surface area contributed by atoms with Crippen LogP contribution >= 0.6 is 0 Å². The summed E-state index contributed by atoms with van der Waals surface area (Å²) in [7, 11) is 0. The Kier molecular flexibility index (Phi) is 17.3. The van der Waals surface area contributed by atoms with Gasteiger partial charge >= 0.3 is 6.09 Å². The Morgan fingerprint density at radius 3 is 1.94 bits per heavy atom. The summed E-state index contributed by atoms with van der Waals surface area (Å²) in [6.45, 7) is 19.0. The molecule has 0 bridgehead atoms. The third-order valence-electron chi connectivity index (χ3n) is 8.75. The maximum Gasteiger partial charge on any atom is 0.408 e. The summed E-state index contributed by atoms with van der Waals surface area (Å²) in [6, 6.07) is 6.02. The number of benzene rings is 1. The fourth-order valence-corrected chi connectivity index (χ4v) is 5.88. The minimum absolute atomic E-state index is 0.0265. The zero-order valence-corrected chi connectivity index (χ0v) is 32.2. The van der Waals surface area contributed by atoms with E-state index in [4.69, 9.17) is 9.47 Å². The summed E-state index contributed by atoms with van der Waals surface area (Å²) >= 11 is 0. The molecular formula is C38H63N5O8. The molecule has 7 atom stereocenters. The van der Waals surface area contributed by atoms with Crippen LogP contribution in [0.1, 0.15) is 94.1 Å². The van der Waals surface area contributed by atoms with Gasteiger partial charge in [-0.3, -0.25) is 19.2 Å². The normalized spacial score (nSPS) is 18.3. The molecule has 1 saturated heterocycles. The fraction of sp³-hybridized carbons (Fsp3) is 0.711. The van der Waals surface area contributed by atoms with Gasteiger partial charge in [-0.2, -0.15) is 0 Å². The second kappa shape index (κ2) is 20.4. The van der Waals surface area contributed by atoms with Crippen LogP contribution in [0.15, 0.2) is 30.3 Å². The first-order chi connectivity index (χ1) is 23.8. The van der Waals surface area contributed by atoms with E-state index in [9.17, 15) is 29.1 Å². The van der Waals surface area contributed by atoms with Crippen molar-refractivity contribution in [2.24, 2.45) is 29.6 Å². The molecule has 1 aliphatic heterocycles. The number of amides is 5. The molecule has 0 unspecified atom stereocenters. The van der Waals surface area contributed by atoms with Crippen molar-refractivity contribution >= 4 is 29.7 Å². The predicted octanol–water partition coefficient (Wildman–Crippen LogP) is 3.43. The molecule has 0 saturated carbocycles. The standard InChI is InChI=1S/C38H63N5O8/c1-22(2)18-28(29(44)19-25(7)33(45)41-30(23(3)4)34(46)39-20-26-14-12-11-13-15-26)40-36(48)32(27-16-17-50-21-27)42-35(47)31(24(5)6)43-37(49)51-38(8,9)10/h11-15,22-25,27-32,44H,16-21H2,1-10H3,(H,39,46)(H,40,48)(H,41,45)(H,42,47)(H,43,49)/t25-,27-,28+,29+,30+,31+,32+/m1/s1. The second-order valence-electron chi connectivity index (χ2n) is 15.9. The van der Waals surface area contributed by atoms with Crippen LogP contribution in [0.25, 0.3) is 0 Å². The topological polar surface area (TPSA) is 184 Å². The van der Waals surface area contributed by atoms with Crippen molar-refractivity contribution in [1.29, 1.82) is 0 Å². The van der Waals surface area contributed by atoms with Crippen LogP contribution in [0.2, 0.25) is 0 Å². The number of hydrogen-bond donors (Lipinski definition) is 6. The van der Waals surface area contributed by atoms with Gasteiger partial charge in [-0.25, -0.2) is 4.79 Å². The molecule has 1 fully saturated rings. The summed E-state index contributed by atoms with van der Waals surface area (Å²) in [5.74, 6) is -3.14. The van der Waals surface area contributed by atoms with Crippen LogP contribution in [-0.2, 0) is 35.2 Å². The highest BCUT2D eigenvalue weighted by molar-refractivity contribution is 5.92. The van der Waals surface area contributed by atoms with E-state index >= 15 is 0 Å². The third-order valence-corrected chi connectivity index (χ3v) is 8.75. The highest BCUT2D eigenvalue weighted by Gasteiger charge is 2.38. The van der Waals surface area contributed by atoms with E-state index in [0.717, 1.165) is 5.56 Å². The molecule has 1 heterocycles. The van der Waals surface area contributed by atoms with E-state index in [0.29, 0.717) is 26.0 Å². The van der Waals surface area contributed by atoms with Gasteiger partial charge in [-0.1, -0.05) is 78.8 Å². The maximum absolute atomic E-state index is 13.9. The molecule has 0 spiro atoms. The second-order valence-corrected chi connectivity index (χ2v) is 15.9. The number of hydrogen-bond acceptors (Lipinski definition) is 8. The first-order valence-electron chi connectivity index (χ1n) is 18.3. The third kappa shape index (κ3) is 15.2. The Morgan fingerprint density at radius 1 is 0.804 bits per heavy atom. The van der Waals surface area contributed by atoms with Crippen molar-refractivity contribution in [3.8, 4) is 0 Å². The molecular weight excluding hydrogens is 654 g/mol. The van der Waals surface area contributed by atoms with Gasteiger partial charge in [0.25, 0.3) is 0 Å². The Balaban J connectivity index is 2.14. The molecule has 0 aromatic heterocycles. The molecule has 13 nitrogen and oxygen atoms in total. The molecule has 288 valence electrons. The molecule has 0 radical (unpaired) electrons. The van der Waals surface area contributed by atoms with Crippen LogP contribution in [0, 0.1) is 29.6 Å². The average Bonchev–Trinajstić information content (AvgIpc) is 3.57. The first kappa shape index (κ1) is 43.5. The van der Waals surface area contributed by atoms with E-state index in [1.807, 2.05) is 58.0 Å². The summed E-state index contributed by atoms with van der Waals surface area (Å²) < 4.78 is 10.9. The SMILES string of the molecule is CC(C)C[C@H](NC(=O)[C@@H](NC(=O)[C@@H](NC(=O)OC(C)(C)C)C(C)C)[C@@H]1CCOC1)[C@@H](O)C[C@@H](C)C(=O)N[C@H](C(=O)NCc1ccccc1)C(C)C. The van der Waals surface area contributed by atoms with E-state index in [2.05, 4.69) is 26.6 Å². The molecule has 1 aromatic rings. The van der Waals surface area contributed by atoms with Crippen molar-refractivity contribution in [3.63, 3.8) is 0 Å². The van der Waals surface area contributed by atoms with Gasteiger partial charge in [-0.15, -0.1) is 0 Å². The van der Waals surface area contributed by atoms with E-state index in [1.54, 1.807) is 41.5 Å². The number of carbonyl (C=O) groups excluding carboxylic acids is 5. The van der Waals surface area contributed by atoms with Gasteiger partial charge in [0, 0.05) is 25.0 Å². The van der Waals surface area contributed by atoms with E-state index < -0.39 is 59.7 Å². The number of aliphatic hydroxyl groups is 1. The lowest BCUT2D eigenvalue weighted by molar-refractivity contribution is -0.133. The van der Waals surface area contributed by atoms with Crippen molar-refractivity contribution in [1.82, 2.24) is 26.6 Å². The smallest absolute Gasteiger partial charge is 0.408 e. The van der Waals surface area contributed by atoms with Gasteiger partial charge in [0.1, 0.15) is 23.7 Å². The number of aliphatic hydroxyl groups excluding tert-OH is 1. The zero-order valence-electron chi connectivity index (χ0n) is 32.2. The molecule has 1 aliphatic rings. The number of carbonyl (C=O) groups is 5. The van der Waals surface area contributed by atoms with E-state index in [1.165, 1.54) is 0 Å². The van der Waals surface area contributed by atoms with Gasteiger partial charge in [0.15, 0.2) is 0 Å². The molecule has 2 rings (SSSR count). The number of rotatable bonds is 18. The highest BCUT2D eigenvalue weighted by Crippen LogP contribution is 2.21. The quantitative estimate of drug-likeness (QED) is 0.133. The lowest BCUT2D eigenvalue weighted by Gasteiger charge is -2.32. The zero-order chi connectivity index (χ0) is 38.5. The lowest BCUT2D eigenvalue weighted by atomic mass is 9.91. The molecule has 0 aliphatic carbocycles. The Bertz CT molecular complexity index is 1280. The maximum atomic E-state index is 13.9. The predicted molar refractivity (Wildman–Crippen MR) is 195 cm³/mol. The Labute approximate surface area is 304 Å². The largest absolute Gasteiger partial charge is 0.444 e. The van der Waals surface area contributed by atoms with Crippen molar-refractivity contribution in [2.45, 2.75) is 131 Å². The lowest BCUT2D eigenvalue weighted by Crippen LogP contribution is -2.59. The number of nitrogens with one attached hydrogen (secondary N) is 5. The van der Waals surface area contributed by atoms with Gasteiger partial charge in [0.2, 0.25) is 23.6 Å². The molecule has 13 heteroatoms. The Hall–Kier alpha value is -3.71. The summed E-state index contributed by atoms with van der Waals surface area (Å²) in [6.07, 6.45) is -0.871. The van der Waals surface area contributed by atoms with Crippen molar-refractivity contribution in [2.75, 3.05) is 13.2 Å². The van der Waals surface area contributed by atoms with Crippen molar-refractivity contribution in [3.05, 3.63) is 35.9 Å². The van der Waals surface area contributed by atoms with Crippen LogP contribution in [0.5, 0.6) is 0 Å². The van der Waals surface area contributed by atoms with Crippen LogP contribution < -0.4 is 26.6 Å². The van der Waals surface area contributed by atoms with E-state index in [-0.39, 0.29) is 48.5 Å². The number of alkyl carbamates (subject to hydrolysis) is 1. The van der Waals surface area contributed by atoms with Gasteiger partial charge in [0.05, 0.1) is 18.8 Å². The molecule has 5 amide bonds. The van der Waals surface area contributed by atoms with Crippen molar-refractivity contribution < 1.29 is 38.6 Å². The molecule has 51 heavy (non-hydrogen) atoms. The summed E-state index contributed by atoms with van der Waals surface area (Å²) in [5, 5.41) is 25.6. The van der Waals surface area contributed by atoms with Crippen LogP contribution in [-0.4, -0.2) is 83.9 Å². The van der Waals surface area contributed by atoms with Gasteiger partial charge in [-0.05, 0) is 63.4 Å². The first-order valence-corrected chi connectivity index (χ1v) is 18.3. The number of ether oxygens (including phenoxy) is 2. The van der Waals surface area contributed by atoms with Crippen LogP contribution in [0.4, 0.5) is 4.79 Å². The summed E-state index contributed by atoms with van der Waals surface area (Å²) in [4.78, 5) is 66.4. The monoisotopic (exact) mass is 717 g/mol. The summed E-state index contributed by atoms with van der Waals surface area (Å²) in [5.41, 5.74) is 0.178. The minimum atomic E-state index is -1.10. The van der Waals surface area contributed by atoms with Crippen LogP contribution in [0.3, 0.4) is 0 Å². The molecule has 6 N–H and O–H groups in total. The highest BCUT2D eigenvalue weighted by atomic mass is 16.6. The van der Waals surface area contributed by atoms with Gasteiger partial charge < -0.3 is 41.2 Å².